The molecule has 0 saturated carbocycles. The molecule has 2 aromatic rings. The van der Waals surface area contributed by atoms with E-state index in [0.717, 1.165) is 22.6 Å². The number of rotatable bonds is 5. The molecule has 0 amide bonds. The van der Waals surface area contributed by atoms with E-state index in [4.69, 9.17) is 4.74 Å². The number of aryl methyl sites for hydroxylation is 1. The zero-order valence-electron chi connectivity index (χ0n) is 18.8. The number of carbonyl (C=O) groups is 1. The second-order valence-corrected chi connectivity index (χ2v) is 9.67. The second-order valence-electron chi connectivity index (χ2n) is 9.67. The lowest BCUT2D eigenvalue weighted by atomic mass is 9.73. The van der Waals surface area contributed by atoms with Crippen LogP contribution in [0.2, 0.25) is 0 Å². The van der Waals surface area contributed by atoms with Gasteiger partial charge >= 0.3 is 5.97 Å². The summed E-state index contributed by atoms with van der Waals surface area (Å²) in [5, 5.41) is 13.7. The third kappa shape index (κ3) is 4.96. The van der Waals surface area contributed by atoms with Gasteiger partial charge < -0.3 is 4.74 Å². The van der Waals surface area contributed by atoms with Crippen LogP contribution in [0.25, 0.3) is 0 Å². The molecular weight excluding hydrogens is 400 g/mol. The smallest absolute Gasteiger partial charge is 0.346 e. The van der Waals surface area contributed by atoms with Crippen LogP contribution in [-0.2, 0) is 11.6 Å². The predicted molar refractivity (Wildman–Crippen MR) is 114 cm³/mol. The van der Waals surface area contributed by atoms with Gasteiger partial charge in [-0.2, -0.15) is 0 Å². The van der Waals surface area contributed by atoms with Gasteiger partial charge in [-0.25, -0.2) is 13.6 Å². The van der Waals surface area contributed by atoms with Gasteiger partial charge in [0.1, 0.15) is 5.82 Å². The van der Waals surface area contributed by atoms with Crippen LogP contribution in [0.4, 0.5) is 8.78 Å². The highest BCUT2D eigenvalue weighted by molar-refractivity contribution is 5.91. The van der Waals surface area contributed by atoms with Crippen LogP contribution < -0.4 is 4.74 Å². The Morgan fingerprint density at radius 2 is 1.68 bits per heavy atom. The van der Waals surface area contributed by atoms with E-state index in [0.29, 0.717) is 19.3 Å². The van der Waals surface area contributed by atoms with E-state index in [2.05, 4.69) is 0 Å². The van der Waals surface area contributed by atoms with Crippen LogP contribution in [0.15, 0.2) is 36.4 Å². The Balaban J connectivity index is 1.78. The maximum Gasteiger partial charge on any atom is 0.346 e. The van der Waals surface area contributed by atoms with E-state index in [9.17, 15) is 18.8 Å². The summed E-state index contributed by atoms with van der Waals surface area (Å²) in [6.45, 7) is 9.54. The summed E-state index contributed by atoms with van der Waals surface area (Å²) in [4.78, 5) is 12.4. The largest absolute Gasteiger partial charge is 0.420 e. The Bertz CT molecular complexity index is 953. The average Bonchev–Trinajstić information content (AvgIpc) is 2.67. The Morgan fingerprint density at radius 1 is 1.03 bits per heavy atom. The molecule has 4 nitrogen and oxygen atoms in total. The molecule has 1 heterocycles. The fourth-order valence-electron chi connectivity index (χ4n) is 4.68. The van der Waals surface area contributed by atoms with Crippen molar-refractivity contribution in [2.75, 3.05) is 0 Å². The minimum atomic E-state index is -0.936. The molecule has 31 heavy (non-hydrogen) atoms. The third-order valence-electron chi connectivity index (χ3n) is 6.01. The molecule has 0 aliphatic carbocycles. The summed E-state index contributed by atoms with van der Waals surface area (Å²) in [5.74, 6) is -2.55. The maximum absolute atomic E-state index is 14.8. The number of hydroxylamine groups is 2. The number of hydrogen-bond acceptors (Lipinski definition) is 3. The summed E-state index contributed by atoms with van der Waals surface area (Å²) in [6.07, 6.45) is 2.76. The lowest BCUT2D eigenvalue weighted by Crippen LogP contribution is -2.57. The Hall–Kier alpha value is -2.31. The van der Waals surface area contributed by atoms with Crippen LogP contribution in [0.5, 0.6) is 5.75 Å². The molecule has 1 radical (unpaired) electrons. The zero-order chi connectivity index (χ0) is 23.0. The van der Waals surface area contributed by atoms with Crippen molar-refractivity contribution in [2.45, 2.75) is 77.3 Å². The number of piperidine rings is 1. The second kappa shape index (κ2) is 8.67. The minimum Gasteiger partial charge on any atom is -0.420 e. The summed E-state index contributed by atoms with van der Waals surface area (Å²) in [5.41, 5.74) is 0.170. The van der Waals surface area contributed by atoms with Gasteiger partial charge in [0.15, 0.2) is 11.6 Å². The molecule has 0 N–H and O–H groups in total. The van der Waals surface area contributed by atoms with E-state index in [1.54, 1.807) is 12.1 Å². The topological polar surface area (TPSA) is 49.4 Å². The first-order chi connectivity index (χ1) is 14.4. The molecule has 6 heteroatoms. The number of carbonyl (C=O) groups excluding carboxylic acids is 1. The van der Waals surface area contributed by atoms with Crippen LogP contribution in [0.1, 0.15) is 81.3 Å². The Labute approximate surface area is 182 Å². The van der Waals surface area contributed by atoms with Gasteiger partial charge in [-0.05, 0) is 88.3 Å². The van der Waals surface area contributed by atoms with Crippen LogP contribution in [-0.4, -0.2) is 22.1 Å². The number of ether oxygens (including phenoxy) is 1. The van der Waals surface area contributed by atoms with Crippen molar-refractivity contribution < 1.29 is 23.5 Å². The highest BCUT2D eigenvalue weighted by Crippen LogP contribution is 2.45. The van der Waals surface area contributed by atoms with Crippen molar-refractivity contribution in [3.63, 3.8) is 0 Å². The summed E-state index contributed by atoms with van der Waals surface area (Å²) < 4.78 is 34.2. The van der Waals surface area contributed by atoms with Gasteiger partial charge in [-0.1, -0.05) is 25.5 Å². The fourth-order valence-corrected chi connectivity index (χ4v) is 4.68. The molecule has 0 spiro atoms. The molecule has 2 aromatic carbocycles. The molecule has 1 aliphatic rings. The van der Waals surface area contributed by atoms with Crippen LogP contribution in [0.3, 0.4) is 0 Å². The Morgan fingerprint density at radius 3 is 2.23 bits per heavy atom. The monoisotopic (exact) mass is 430 g/mol. The molecule has 3 rings (SSSR count). The number of benzene rings is 2. The molecule has 0 unspecified atom stereocenters. The van der Waals surface area contributed by atoms with Crippen molar-refractivity contribution in [1.82, 2.24) is 5.06 Å². The molecule has 1 aliphatic heterocycles. The number of esters is 1. The summed E-state index contributed by atoms with van der Waals surface area (Å²) in [7, 11) is 0. The maximum atomic E-state index is 14.8. The number of halogens is 2. The first-order valence-corrected chi connectivity index (χ1v) is 10.7. The van der Waals surface area contributed by atoms with Crippen LogP contribution in [0, 0.1) is 11.6 Å². The van der Waals surface area contributed by atoms with E-state index >= 15 is 0 Å². The van der Waals surface area contributed by atoms with Crippen molar-refractivity contribution in [2.24, 2.45) is 0 Å². The summed E-state index contributed by atoms with van der Waals surface area (Å²) in [6, 6.07) is 8.82. The normalized spacial score (nSPS) is 18.7. The van der Waals surface area contributed by atoms with Gasteiger partial charge in [0.25, 0.3) is 0 Å². The third-order valence-corrected chi connectivity index (χ3v) is 6.01. The molecule has 1 fully saturated rings. The molecule has 0 bridgehead atoms. The van der Waals surface area contributed by atoms with Gasteiger partial charge in [-0.15, -0.1) is 10.3 Å². The number of nitrogens with zero attached hydrogens (tertiary/aromatic N) is 1. The predicted octanol–water partition coefficient (Wildman–Crippen LogP) is 6.22. The highest BCUT2D eigenvalue weighted by Gasteiger charge is 2.46. The van der Waals surface area contributed by atoms with E-state index in [1.807, 2.05) is 34.6 Å². The molecular formula is C25H30F2NO3. The van der Waals surface area contributed by atoms with Gasteiger partial charge in [0.2, 0.25) is 0 Å². The number of hydrogen-bond donors (Lipinski definition) is 0. The standard InChI is InChI=1S/C25H30F2NO3/c1-6-7-16-8-10-19(20(26)12-16)23(29)31-22-11-9-17(13-21(22)27)18-14-24(2,3)28(30)25(4,5)15-18/h8-13,18H,6-7,14-15H2,1-5H3. The van der Waals surface area contributed by atoms with Crippen molar-refractivity contribution in [3.05, 3.63) is 64.7 Å². The molecule has 0 atom stereocenters. The quantitative estimate of drug-likeness (QED) is 0.418. The van der Waals surface area contributed by atoms with E-state index < -0.39 is 28.7 Å². The average molecular weight is 431 g/mol. The highest BCUT2D eigenvalue weighted by atomic mass is 19.1. The first-order valence-electron chi connectivity index (χ1n) is 10.7. The molecule has 1 saturated heterocycles. The first kappa shape index (κ1) is 23.4. The van der Waals surface area contributed by atoms with Crippen LogP contribution >= 0.6 is 0 Å². The van der Waals surface area contributed by atoms with E-state index in [-0.39, 0.29) is 17.2 Å². The van der Waals surface area contributed by atoms with E-state index in [1.165, 1.54) is 24.3 Å². The molecule has 0 aromatic heterocycles. The van der Waals surface area contributed by atoms with Crippen molar-refractivity contribution >= 4 is 5.97 Å². The van der Waals surface area contributed by atoms with Crippen molar-refractivity contribution in [3.8, 4) is 5.75 Å². The lowest BCUT2D eigenvalue weighted by molar-refractivity contribution is -0.289. The fraction of sp³-hybridized carbons (Fsp3) is 0.480. The minimum absolute atomic E-state index is 0.00185. The van der Waals surface area contributed by atoms with Crippen molar-refractivity contribution in [1.29, 1.82) is 0 Å². The Kier molecular flexibility index (Phi) is 6.53. The SMILES string of the molecule is CCCc1ccc(C(=O)Oc2ccc(C3CC(C)(C)N([O])C(C)(C)C3)cc2F)c(F)c1. The molecule has 167 valence electrons. The zero-order valence-corrected chi connectivity index (χ0v) is 18.8. The van der Waals surface area contributed by atoms with Gasteiger partial charge in [0, 0.05) is 11.1 Å². The summed E-state index contributed by atoms with van der Waals surface area (Å²) >= 11 is 0. The van der Waals surface area contributed by atoms with Gasteiger partial charge in [0.05, 0.1) is 5.56 Å². The lowest BCUT2D eigenvalue weighted by Gasteiger charge is -2.50. The van der Waals surface area contributed by atoms with Gasteiger partial charge in [-0.3, -0.25) is 0 Å².